The molecule has 4 nitrogen and oxygen atoms in total. The normalized spacial score (nSPS) is 11.2. The average molecular weight is 226 g/mol. The average Bonchev–Trinajstić information content (AvgIpc) is 2.82. The molecule has 0 bridgehead atoms. The van der Waals surface area contributed by atoms with Crippen LogP contribution in [0.2, 0.25) is 0 Å². The number of hydrogen-bond acceptors (Lipinski definition) is 2. The third-order valence-electron chi connectivity index (χ3n) is 3.02. The summed E-state index contributed by atoms with van der Waals surface area (Å²) in [5, 5.41) is 4.36. The largest absolute Gasteiger partial charge is 0.334 e. The number of aromatic nitrogens is 4. The van der Waals surface area contributed by atoms with E-state index in [0.29, 0.717) is 0 Å². The molecule has 86 valence electrons. The maximum absolute atomic E-state index is 4.37. The van der Waals surface area contributed by atoms with E-state index in [4.69, 9.17) is 0 Å². The SMILES string of the molecule is Cc1cc(-c2ccc3c(c2)ncn3C)n(C)n1. The molecule has 0 fully saturated rings. The van der Waals surface area contributed by atoms with E-state index >= 15 is 0 Å². The van der Waals surface area contributed by atoms with E-state index in [1.165, 1.54) is 0 Å². The van der Waals surface area contributed by atoms with Gasteiger partial charge < -0.3 is 4.57 Å². The third kappa shape index (κ3) is 1.53. The van der Waals surface area contributed by atoms with Crippen LogP contribution in [-0.4, -0.2) is 19.3 Å². The standard InChI is InChI=1S/C13H14N4/c1-9-6-13(17(3)15-9)10-4-5-12-11(7-10)14-8-16(12)2/h4-8H,1-3H3. The van der Waals surface area contributed by atoms with Gasteiger partial charge in [0.15, 0.2) is 0 Å². The summed E-state index contributed by atoms with van der Waals surface area (Å²) >= 11 is 0. The Hall–Kier alpha value is -2.10. The van der Waals surface area contributed by atoms with Gasteiger partial charge in [-0.2, -0.15) is 5.10 Å². The topological polar surface area (TPSA) is 35.6 Å². The first kappa shape index (κ1) is 10.1. The molecule has 3 aromatic rings. The van der Waals surface area contributed by atoms with Gasteiger partial charge in [-0.1, -0.05) is 6.07 Å². The number of imidazole rings is 1. The van der Waals surface area contributed by atoms with E-state index in [-0.39, 0.29) is 0 Å². The summed E-state index contributed by atoms with van der Waals surface area (Å²) in [7, 11) is 3.97. The van der Waals surface area contributed by atoms with Crippen molar-refractivity contribution in [2.75, 3.05) is 0 Å². The number of nitrogens with zero attached hydrogens (tertiary/aromatic N) is 4. The maximum atomic E-state index is 4.37. The molecule has 1 aromatic carbocycles. The van der Waals surface area contributed by atoms with Crippen molar-refractivity contribution < 1.29 is 0 Å². The van der Waals surface area contributed by atoms with Gasteiger partial charge in [0.05, 0.1) is 28.7 Å². The fourth-order valence-electron chi connectivity index (χ4n) is 2.18. The van der Waals surface area contributed by atoms with Crippen LogP contribution in [0.3, 0.4) is 0 Å². The van der Waals surface area contributed by atoms with Crippen LogP contribution in [0, 0.1) is 6.92 Å². The minimum Gasteiger partial charge on any atom is -0.334 e. The summed E-state index contributed by atoms with van der Waals surface area (Å²) in [5.41, 5.74) is 5.47. The van der Waals surface area contributed by atoms with Gasteiger partial charge in [-0.25, -0.2) is 4.98 Å². The fourth-order valence-corrected chi connectivity index (χ4v) is 2.18. The molecule has 17 heavy (non-hydrogen) atoms. The Morgan fingerprint density at radius 3 is 2.65 bits per heavy atom. The number of hydrogen-bond donors (Lipinski definition) is 0. The first-order valence-corrected chi connectivity index (χ1v) is 5.57. The second-order valence-corrected chi connectivity index (χ2v) is 4.35. The van der Waals surface area contributed by atoms with Gasteiger partial charge in [-0.3, -0.25) is 4.68 Å². The second-order valence-electron chi connectivity index (χ2n) is 4.35. The highest BCUT2D eigenvalue weighted by molar-refractivity contribution is 5.81. The zero-order valence-corrected chi connectivity index (χ0v) is 10.2. The molecule has 0 spiro atoms. The summed E-state index contributed by atoms with van der Waals surface area (Å²) in [6, 6.07) is 8.40. The van der Waals surface area contributed by atoms with Crippen molar-refractivity contribution in [2.24, 2.45) is 14.1 Å². The molecule has 0 aliphatic carbocycles. The maximum Gasteiger partial charge on any atom is 0.0955 e. The van der Waals surface area contributed by atoms with E-state index in [9.17, 15) is 0 Å². The molecular weight excluding hydrogens is 212 g/mol. The molecule has 0 amide bonds. The van der Waals surface area contributed by atoms with Crippen molar-refractivity contribution in [1.29, 1.82) is 0 Å². The van der Waals surface area contributed by atoms with Gasteiger partial charge in [0.1, 0.15) is 0 Å². The van der Waals surface area contributed by atoms with Gasteiger partial charge >= 0.3 is 0 Å². The van der Waals surface area contributed by atoms with Crippen LogP contribution in [-0.2, 0) is 14.1 Å². The molecule has 4 heteroatoms. The lowest BCUT2D eigenvalue weighted by Gasteiger charge is -2.02. The van der Waals surface area contributed by atoms with Crippen LogP contribution in [0.1, 0.15) is 5.69 Å². The van der Waals surface area contributed by atoms with Gasteiger partial charge in [0.2, 0.25) is 0 Å². The number of rotatable bonds is 1. The van der Waals surface area contributed by atoms with Crippen LogP contribution in [0.4, 0.5) is 0 Å². The van der Waals surface area contributed by atoms with E-state index in [0.717, 1.165) is 28.0 Å². The van der Waals surface area contributed by atoms with E-state index < -0.39 is 0 Å². The van der Waals surface area contributed by atoms with Gasteiger partial charge in [-0.15, -0.1) is 0 Å². The fraction of sp³-hybridized carbons (Fsp3) is 0.231. The highest BCUT2D eigenvalue weighted by Gasteiger charge is 2.07. The van der Waals surface area contributed by atoms with Crippen molar-refractivity contribution in [3.63, 3.8) is 0 Å². The Morgan fingerprint density at radius 1 is 1.12 bits per heavy atom. The molecule has 0 atom stereocenters. The molecule has 3 rings (SSSR count). The lowest BCUT2D eigenvalue weighted by molar-refractivity contribution is 0.764. The third-order valence-corrected chi connectivity index (χ3v) is 3.02. The van der Waals surface area contributed by atoms with Crippen molar-refractivity contribution in [3.8, 4) is 11.3 Å². The highest BCUT2D eigenvalue weighted by atomic mass is 15.3. The molecular formula is C13H14N4. The Bertz CT molecular complexity index is 691. The Labute approximate surface area is 99.5 Å². The zero-order chi connectivity index (χ0) is 12.0. The van der Waals surface area contributed by atoms with Gasteiger partial charge in [-0.05, 0) is 25.1 Å². The molecule has 0 N–H and O–H groups in total. The van der Waals surface area contributed by atoms with Crippen LogP contribution < -0.4 is 0 Å². The summed E-state index contributed by atoms with van der Waals surface area (Å²) in [5.74, 6) is 0. The molecule has 2 heterocycles. The summed E-state index contributed by atoms with van der Waals surface area (Å²) in [4.78, 5) is 4.37. The molecule has 0 unspecified atom stereocenters. The molecule has 0 saturated carbocycles. The highest BCUT2D eigenvalue weighted by Crippen LogP contribution is 2.23. The first-order chi connectivity index (χ1) is 8.15. The molecule has 0 saturated heterocycles. The molecule has 0 aliphatic rings. The number of benzene rings is 1. The summed E-state index contributed by atoms with van der Waals surface area (Å²) < 4.78 is 3.92. The number of aryl methyl sites for hydroxylation is 3. The van der Waals surface area contributed by atoms with E-state index in [2.05, 4.69) is 34.3 Å². The van der Waals surface area contributed by atoms with Crippen LogP contribution in [0.5, 0.6) is 0 Å². The molecule has 2 aromatic heterocycles. The van der Waals surface area contributed by atoms with Crippen molar-refractivity contribution in [3.05, 3.63) is 36.3 Å². The summed E-state index contributed by atoms with van der Waals surface area (Å²) in [6.07, 6.45) is 1.84. The summed E-state index contributed by atoms with van der Waals surface area (Å²) in [6.45, 7) is 2.00. The quantitative estimate of drug-likeness (QED) is 0.638. The van der Waals surface area contributed by atoms with E-state index in [1.807, 2.05) is 36.6 Å². The van der Waals surface area contributed by atoms with Crippen LogP contribution in [0.25, 0.3) is 22.3 Å². The lowest BCUT2D eigenvalue weighted by Crippen LogP contribution is -1.93. The smallest absolute Gasteiger partial charge is 0.0955 e. The zero-order valence-electron chi connectivity index (χ0n) is 10.2. The van der Waals surface area contributed by atoms with E-state index in [1.54, 1.807) is 0 Å². The molecule has 0 aliphatic heterocycles. The van der Waals surface area contributed by atoms with Crippen LogP contribution >= 0.6 is 0 Å². The van der Waals surface area contributed by atoms with Crippen molar-refractivity contribution in [1.82, 2.24) is 19.3 Å². The minimum atomic E-state index is 1.02. The van der Waals surface area contributed by atoms with Gasteiger partial charge in [0.25, 0.3) is 0 Å². The predicted molar refractivity (Wildman–Crippen MR) is 67.7 cm³/mol. The molecule has 0 radical (unpaired) electrons. The van der Waals surface area contributed by atoms with Crippen molar-refractivity contribution in [2.45, 2.75) is 6.92 Å². The van der Waals surface area contributed by atoms with Gasteiger partial charge in [0, 0.05) is 19.7 Å². The van der Waals surface area contributed by atoms with Crippen molar-refractivity contribution >= 4 is 11.0 Å². The van der Waals surface area contributed by atoms with Crippen LogP contribution in [0.15, 0.2) is 30.6 Å². The Kier molecular flexibility index (Phi) is 2.04. The number of fused-ring (bicyclic) bond motifs is 1. The lowest BCUT2D eigenvalue weighted by atomic mass is 10.1. The minimum absolute atomic E-state index is 1.02. The second kappa shape index (κ2) is 3.45. The predicted octanol–water partition coefficient (Wildman–Crippen LogP) is 2.28. The Morgan fingerprint density at radius 2 is 1.94 bits per heavy atom. The Balaban J connectivity index is 2.21. The monoisotopic (exact) mass is 226 g/mol. The first-order valence-electron chi connectivity index (χ1n) is 5.57.